The van der Waals surface area contributed by atoms with Crippen LogP contribution in [-0.4, -0.2) is 50.0 Å². The maximum atomic E-state index is 13.1. The fraction of sp³-hybridized carbons (Fsp3) is 1.00. The second kappa shape index (κ2) is 5.02. The van der Waals surface area contributed by atoms with Crippen molar-refractivity contribution in [1.82, 2.24) is 0 Å². The first kappa shape index (κ1) is 14.1. The molecule has 106 valence electrons. The van der Waals surface area contributed by atoms with Crippen LogP contribution in [0.2, 0.25) is 0 Å². The van der Waals surface area contributed by atoms with Crippen molar-refractivity contribution in [1.29, 1.82) is 0 Å². The molecule has 6 heteroatoms. The summed E-state index contributed by atoms with van der Waals surface area (Å²) in [5.41, 5.74) is 0. The monoisotopic (exact) mass is 264 g/mol. The molecule has 0 aliphatic carbocycles. The first-order chi connectivity index (χ1) is 8.31. The summed E-state index contributed by atoms with van der Waals surface area (Å²) >= 11 is 0. The minimum absolute atomic E-state index is 0.292. The average molecular weight is 264 g/mol. The van der Waals surface area contributed by atoms with E-state index in [0.29, 0.717) is 13.2 Å². The minimum Gasteiger partial charge on any atom is -0.348 e. The number of alkyl halides is 1. The maximum absolute atomic E-state index is 13.1. The molecule has 0 saturated carbocycles. The van der Waals surface area contributed by atoms with Crippen LogP contribution in [0.25, 0.3) is 0 Å². The van der Waals surface area contributed by atoms with E-state index in [1.54, 1.807) is 27.7 Å². The van der Waals surface area contributed by atoms with Gasteiger partial charge in [-0.2, -0.15) is 0 Å². The van der Waals surface area contributed by atoms with Crippen LogP contribution in [0.15, 0.2) is 0 Å². The molecule has 3 atom stereocenters. The van der Waals surface area contributed by atoms with Gasteiger partial charge in [0.2, 0.25) is 0 Å². The van der Waals surface area contributed by atoms with Crippen molar-refractivity contribution in [2.45, 2.75) is 57.8 Å². The van der Waals surface area contributed by atoms with Crippen LogP contribution in [0.3, 0.4) is 0 Å². The molecular formula is C12H21FO5. The highest BCUT2D eigenvalue weighted by Gasteiger charge is 2.41. The van der Waals surface area contributed by atoms with Gasteiger partial charge in [-0.15, -0.1) is 0 Å². The molecule has 2 aliphatic heterocycles. The SMILES string of the molecule is CC1(C)OCC(OC(CF)C2COC(C)(C)O2)O1. The van der Waals surface area contributed by atoms with E-state index in [1.807, 2.05) is 0 Å². The Morgan fingerprint density at radius 1 is 1.11 bits per heavy atom. The number of hydrogen-bond acceptors (Lipinski definition) is 5. The Bertz CT molecular complexity index is 294. The molecule has 5 nitrogen and oxygen atoms in total. The van der Waals surface area contributed by atoms with Crippen molar-refractivity contribution in [3.63, 3.8) is 0 Å². The molecule has 0 radical (unpaired) electrons. The van der Waals surface area contributed by atoms with Gasteiger partial charge in [0.25, 0.3) is 0 Å². The lowest BCUT2D eigenvalue weighted by molar-refractivity contribution is -0.225. The molecule has 2 fully saturated rings. The van der Waals surface area contributed by atoms with Crippen LogP contribution >= 0.6 is 0 Å². The third-order valence-corrected chi connectivity index (χ3v) is 2.91. The summed E-state index contributed by atoms with van der Waals surface area (Å²) in [7, 11) is 0. The van der Waals surface area contributed by atoms with Gasteiger partial charge in [-0.3, -0.25) is 0 Å². The predicted octanol–water partition coefficient (Wildman–Crippen LogP) is 1.60. The van der Waals surface area contributed by atoms with E-state index in [4.69, 9.17) is 23.7 Å². The minimum atomic E-state index is -0.700. The van der Waals surface area contributed by atoms with Gasteiger partial charge in [0.05, 0.1) is 6.61 Å². The fourth-order valence-corrected chi connectivity index (χ4v) is 2.04. The summed E-state index contributed by atoms with van der Waals surface area (Å²) in [6.07, 6.45) is -1.68. The van der Waals surface area contributed by atoms with E-state index < -0.39 is 36.7 Å². The normalized spacial score (nSPS) is 35.8. The maximum Gasteiger partial charge on any atom is 0.184 e. The fourth-order valence-electron chi connectivity index (χ4n) is 2.04. The van der Waals surface area contributed by atoms with Gasteiger partial charge < -0.3 is 23.7 Å². The summed E-state index contributed by atoms with van der Waals surface area (Å²) < 4.78 is 40.4. The van der Waals surface area contributed by atoms with Gasteiger partial charge in [0.1, 0.15) is 25.5 Å². The topological polar surface area (TPSA) is 46.2 Å². The van der Waals surface area contributed by atoms with Crippen molar-refractivity contribution in [2.24, 2.45) is 0 Å². The largest absolute Gasteiger partial charge is 0.348 e. The molecule has 18 heavy (non-hydrogen) atoms. The van der Waals surface area contributed by atoms with Gasteiger partial charge in [0.15, 0.2) is 17.9 Å². The van der Waals surface area contributed by atoms with Crippen LogP contribution in [0.4, 0.5) is 4.39 Å². The molecule has 0 N–H and O–H groups in total. The molecule has 3 unspecified atom stereocenters. The molecule has 0 bridgehead atoms. The molecule has 2 aliphatic rings. The Kier molecular flexibility index (Phi) is 3.94. The Morgan fingerprint density at radius 3 is 2.17 bits per heavy atom. The van der Waals surface area contributed by atoms with E-state index >= 15 is 0 Å². The first-order valence-corrected chi connectivity index (χ1v) is 6.16. The van der Waals surface area contributed by atoms with Crippen molar-refractivity contribution >= 4 is 0 Å². The Balaban J connectivity index is 1.87. The van der Waals surface area contributed by atoms with E-state index in [-0.39, 0.29) is 0 Å². The summed E-state index contributed by atoms with van der Waals surface area (Å²) in [6.45, 7) is 7.13. The zero-order valence-electron chi connectivity index (χ0n) is 11.3. The first-order valence-electron chi connectivity index (χ1n) is 6.16. The third-order valence-electron chi connectivity index (χ3n) is 2.91. The average Bonchev–Trinajstić information content (AvgIpc) is 2.78. The van der Waals surface area contributed by atoms with E-state index in [9.17, 15) is 4.39 Å². The van der Waals surface area contributed by atoms with Crippen LogP contribution < -0.4 is 0 Å². The highest BCUT2D eigenvalue weighted by molar-refractivity contribution is 4.79. The predicted molar refractivity (Wildman–Crippen MR) is 60.7 cm³/mol. The van der Waals surface area contributed by atoms with Crippen molar-refractivity contribution in [2.75, 3.05) is 19.9 Å². The smallest absolute Gasteiger partial charge is 0.184 e. The third kappa shape index (κ3) is 3.39. The van der Waals surface area contributed by atoms with E-state index in [2.05, 4.69) is 0 Å². The number of hydrogen-bond donors (Lipinski definition) is 0. The van der Waals surface area contributed by atoms with Crippen LogP contribution in [0.1, 0.15) is 27.7 Å². The summed E-state index contributed by atoms with van der Waals surface area (Å²) in [6, 6.07) is 0. The van der Waals surface area contributed by atoms with Gasteiger partial charge in [-0.1, -0.05) is 0 Å². The van der Waals surface area contributed by atoms with Crippen molar-refractivity contribution in [3.8, 4) is 0 Å². The zero-order chi connectivity index (χ0) is 13.4. The molecule has 0 spiro atoms. The van der Waals surface area contributed by atoms with Crippen molar-refractivity contribution < 1.29 is 28.1 Å². The molecule has 0 aromatic carbocycles. The lowest BCUT2D eigenvalue weighted by Crippen LogP contribution is -2.38. The van der Waals surface area contributed by atoms with E-state index in [1.165, 1.54) is 0 Å². The molecule has 0 aromatic heterocycles. The summed E-state index contributed by atoms with van der Waals surface area (Å²) in [4.78, 5) is 0. The molecule has 2 heterocycles. The second-order valence-corrected chi connectivity index (χ2v) is 5.45. The van der Waals surface area contributed by atoms with Gasteiger partial charge in [-0.25, -0.2) is 4.39 Å². The van der Waals surface area contributed by atoms with Gasteiger partial charge in [-0.05, 0) is 27.7 Å². The lowest BCUT2D eigenvalue weighted by Gasteiger charge is -2.25. The van der Waals surface area contributed by atoms with Crippen LogP contribution in [-0.2, 0) is 23.7 Å². The van der Waals surface area contributed by atoms with Crippen molar-refractivity contribution in [3.05, 3.63) is 0 Å². The molecule has 0 amide bonds. The highest BCUT2D eigenvalue weighted by Crippen LogP contribution is 2.29. The lowest BCUT2D eigenvalue weighted by atomic mass is 10.2. The molecule has 2 rings (SSSR count). The summed E-state index contributed by atoms with van der Waals surface area (Å²) in [5.74, 6) is -1.37. The van der Waals surface area contributed by atoms with Gasteiger partial charge in [0, 0.05) is 0 Å². The number of rotatable bonds is 4. The Hall–Kier alpha value is -0.270. The van der Waals surface area contributed by atoms with E-state index in [0.717, 1.165) is 0 Å². The molecular weight excluding hydrogens is 243 g/mol. The number of ether oxygens (including phenoxy) is 5. The number of halogens is 1. The standard InChI is InChI=1S/C12H21FO5/c1-11(2)14-6-9(17-11)8(5-13)16-10-7-15-12(3,4)18-10/h8-10H,5-7H2,1-4H3. The molecule has 0 aromatic rings. The second-order valence-electron chi connectivity index (χ2n) is 5.45. The Morgan fingerprint density at radius 2 is 1.72 bits per heavy atom. The molecule has 2 saturated heterocycles. The zero-order valence-corrected chi connectivity index (χ0v) is 11.3. The quantitative estimate of drug-likeness (QED) is 0.772. The van der Waals surface area contributed by atoms with Crippen LogP contribution in [0, 0.1) is 0 Å². The summed E-state index contributed by atoms with van der Waals surface area (Å²) in [5, 5.41) is 0. The highest BCUT2D eigenvalue weighted by atomic mass is 19.1. The Labute approximate surface area is 106 Å². The van der Waals surface area contributed by atoms with Crippen LogP contribution in [0.5, 0.6) is 0 Å². The van der Waals surface area contributed by atoms with Gasteiger partial charge >= 0.3 is 0 Å².